The lowest BCUT2D eigenvalue weighted by Gasteiger charge is -2.34. The van der Waals surface area contributed by atoms with E-state index in [1.165, 1.54) is 10.6 Å². The Morgan fingerprint density at radius 2 is 1.94 bits per heavy atom. The standard InChI is InChI=1S/C20H28N4O6S2/c1-5-30-16(26)7-21-15(25)10-23-11-22-19-17(20(23)27)18(14(4)31-19)32(28,29)24-8-12(2)6-13(3)9-24/h11-13H,5-10H2,1-4H3,(H,21,25). The van der Waals surface area contributed by atoms with Crippen molar-refractivity contribution < 1.29 is 22.7 Å². The van der Waals surface area contributed by atoms with Crippen LogP contribution in [0.2, 0.25) is 0 Å². The van der Waals surface area contributed by atoms with Gasteiger partial charge in [0.2, 0.25) is 15.9 Å². The van der Waals surface area contributed by atoms with Gasteiger partial charge in [-0.05, 0) is 32.1 Å². The van der Waals surface area contributed by atoms with E-state index in [0.717, 1.165) is 22.3 Å². The van der Waals surface area contributed by atoms with Crippen molar-refractivity contribution in [3.05, 3.63) is 21.6 Å². The zero-order chi connectivity index (χ0) is 23.6. The number of nitrogens with one attached hydrogen (secondary N) is 1. The van der Waals surface area contributed by atoms with E-state index in [4.69, 9.17) is 4.74 Å². The highest BCUT2D eigenvalue weighted by atomic mass is 32.2. The number of carbonyl (C=O) groups excluding carboxylic acids is 2. The Balaban J connectivity index is 1.94. The fourth-order valence-corrected chi connectivity index (χ4v) is 7.41. The van der Waals surface area contributed by atoms with E-state index in [2.05, 4.69) is 10.3 Å². The van der Waals surface area contributed by atoms with Gasteiger partial charge in [0.05, 0.1) is 18.3 Å². The summed E-state index contributed by atoms with van der Waals surface area (Å²) in [5.41, 5.74) is -0.609. The van der Waals surface area contributed by atoms with Crippen LogP contribution in [0.3, 0.4) is 0 Å². The summed E-state index contributed by atoms with van der Waals surface area (Å²) in [6, 6.07) is 0. The Bertz CT molecular complexity index is 1180. The molecule has 10 nitrogen and oxygen atoms in total. The van der Waals surface area contributed by atoms with Crippen molar-refractivity contribution in [2.45, 2.75) is 45.6 Å². The maximum absolute atomic E-state index is 13.5. The van der Waals surface area contributed by atoms with Gasteiger partial charge >= 0.3 is 5.97 Å². The van der Waals surface area contributed by atoms with Crippen molar-refractivity contribution >= 4 is 43.5 Å². The smallest absolute Gasteiger partial charge is 0.325 e. The van der Waals surface area contributed by atoms with Gasteiger partial charge in [-0.3, -0.25) is 19.0 Å². The van der Waals surface area contributed by atoms with E-state index in [0.29, 0.717) is 22.8 Å². The molecule has 12 heteroatoms. The minimum absolute atomic E-state index is 0.000859. The van der Waals surface area contributed by atoms with Gasteiger partial charge < -0.3 is 10.1 Å². The summed E-state index contributed by atoms with van der Waals surface area (Å²) in [6.45, 7) is 7.61. The molecule has 1 N–H and O–H groups in total. The number of fused-ring (bicyclic) bond motifs is 1. The van der Waals surface area contributed by atoms with E-state index in [9.17, 15) is 22.8 Å². The highest BCUT2D eigenvalue weighted by molar-refractivity contribution is 7.89. The molecule has 1 saturated heterocycles. The number of aromatic nitrogens is 2. The molecule has 3 rings (SSSR count). The van der Waals surface area contributed by atoms with Crippen LogP contribution >= 0.6 is 11.3 Å². The van der Waals surface area contributed by atoms with Crippen molar-refractivity contribution in [3.8, 4) is 0 Å². The minimum atomic E-state index is -3.91. The van der Waals surface area contributed by atoms with Crippen LogP contribution in [0.1, 0.15) is 32.1 Å². The van der Waals surface area contributed by atoms with Gasteiger partial charge in [-0.25, -0.2) is 13.4 Å². The third-order valence-electron chi connectivity index (χ3n) is 5.28. The van der Waals surface area contributed by atoms with Gasteiger partial charge in [0, 0.05) is 18.0 Å². The van der Waals surface area contributed by atoms with Crippen LogP contribution < -0.4 is 10.9 Å². The first-order valence-corrected chi connectivity index (χ1v) is 12.7. The maximum Gasteiger partial charge on any atom is 0.325 e. The second kappa shape index (κ2) is 9.67. The van der Waals surface area contributed by atoms with Crippen molar-refractivity contribution in [3.63, 3.8) is 0 Å². The number of rotatable bonds is 7. The van der Waals surface area contributed by atoms with E-state index < -0.39 is 34.0 Å². The highest BCUT2D eigenvalue weighted by Gasteiger charge is 2.35. The van der Waals surface area contributed by atoms with Gasteiger partial charge in [-0.2, -0.15) is 4.31 Å². The molecule has 3 heterocycles. The summed E-state index contributed by atoms with van der Waals surface area (Å²) < 4.78 is 34.3. The summed E-state index contributed by atoms with van der Waals surface area (Å²) in [5.74, 6) is -0.738. The molecule has 0 aromatic carbocycles. The summed E-state index contributed by atoms with van der Waals surface area (Å²) in [4.78, 5) is 41.8. The number of carbonyl (C=O) groups is 2. The number of esters is 1. The van der Waals surface area contributed by atoms with Crippen LogP contribution in [-0.2, 0) is 30.9 Å². The monoisotopic (exact) mass is 484 g/mol. The van der Waals surface area contributed by atoms with E-state index in [-0.39, 0.29) is 35.3 Å². The van der Waals surface area contributed by atoms with Crippen LogP contribution in [0.25, 0.3) is 10.2 Å². The Kier molecular flexibility index (Phi) is 7.36. The van der Waals surface area contributed by atoms with Gasteiger partial charge in [0.15, 0.2) is 0 Å². The first-order chi connectivity index (χ1) is 15.0. The lowest BCUT2D eigenvalue weighted by atomic mass is 9.94. The third-order valence-corrected chi connectivity index (χ3v) is 8.43. The molecule has 176 valence electrons. The molecule has 0 saturated carbocycles. The average Bonchev–Trinajstić information content (AvgIpc) is 3.05. The molecule has 1 aliphatic rings. The molecule has 0 spiro atoms. The fourth-order valence-electron chi connectivity index (χ4n) is 4.06. The van der Waals surface area contributed by atoms with Gasteiger partial charge in [-0.15, -0.1) is 11.3 Å². The predicted octanol–water partition coefficient (Wildman–Crippen LogP) is 1.11. The first-order valence-electron chi connectivity index (χ1n) is 10.5. The number of hydrogen-bond donors (Lipinski definition) is 1. The lowest BCUT2D eigenvalue weighted by molar-refractivity contribution is -0.143. The molecular weight excluding hydrogens is 456 g/mol. The van der Waals surface area contributed by atoms with Crippen LogP contribution in [0.5, 0.6) is 0 Å². The second-order valence-corrected chi connectivity index (χ2v) is 11.3. The molecule has 1 amide bonds. The summed E-state index contributed by atoms with van der Waals surface area (Å²) >= 11 is 1.14. The zero-order valence-corrected chi connectivity index (χ0v) is 20.2. The quantitative estimate of drug-likeness (QED) is 0.583. The number of piperidine rings is 1. The Morgan fingerprint density at radius 3 is 2.56 bits per heavy atom. The minimum Gasteiger partial charge on any atom is -0.465 e. The highest BCUT2D eigenvalue weighted by Crippen LogP contribution is 2.35. The second-order valence-electron chi connectivity index (χ2n) is 8.19. The predicted molar refractivity (Wildman–Crippen MR) is 120 cm³/mol. The molecule has 1 fully saturated rings. The third kappa shape index (κ3) is 5.02. The molecule has 2 atom stereocenters. The molecule has 32 heavy (non-hydrogen) atoms. The van der Waals surface area contributed by atoms with Gasteiger partial charge in [0.1, 0.15) is 22.8 Å². The molecule has 1 aliphatic heterocycles. The van der Waals surface area contributed by atoms with Gasteiger partial charge in [0.25, 0.3) is 5.56 Å². The number of hydrogen-bond acceptors (Lipinski definition) is 8. The van der Waals surface area contributed by atoms with Crippen LogP contribution in [0.15, 0.2) is 16.0 Å². The number of thiophene rings is 1. The average molecular weight is 485 g/mol. The summed E-state index contributed by atoms with van der Waals surface area (Å²) in [5, 5.41) is 2.38. The number of sulfonamides is 1. The molecular formula is C20H28N4O6S2. The van der Waals surface area contributed by atoms with Crippen molar-refractivity contribution in [2.75, 3.05) is 26.2 Å². The molecule has 2 aromatic heterocycles. The number of ether oxygens (including phenoxy) is 1. The summed E-state index contributed by atoms with van der Waals surface area (Å²) in [6.07, 6.45) is 2.16. The maximum atomic E-state index is 13.5. The number of amides is 1. The van der Waals surface area contributed by atoms with Gasteiger partial charge in [-0.1, -0.05) is 13.8 Å². The van der Waals surface area contributed by atoms with Crippen molar-refractivity contribution in [1.29, 1.82) is 0 Å². The van der Waals surface area contributed by atoms with E-state index in [1.807, 2.05) is 13.8 Å². The van der Waals surface area contributed by atoms with Crippen molar-refractivity contribution in [1.82, 2.24) is 19.2 Å². The summed E-state index contributed by atoms with van der Waals surface area (Å²) in [7, 11) is -3.91. The Labute approximate surface area is 190 Å². The first kappa shape index (κ1) is 24.3. The molecule has 2 aromatic rings. The molecule has 0 radical (unpaired) electrons. The molecule has 0 bridgehead atoms. The fraction of sp³-hybridized carbons (Fsp3) is 0.600. The van der Waals surface area contributed by atoms with Crippen LogP contribution in [0.4, 0.5) is 0 Å². The molecule has 2 unspecified atom stereocenters. The molecule has 0 aliphatic carbocycles. The van der Waals surface area contributed by atoms with Crippen LogP contribution in [-0.4, -0.2) is 60.4 Å². The SMILES string of the molecule is CCOC(=O)CNC(=O)Cn1cnc2sc(C)c(S(=O)(=O)N3CC(C)CC(C)C3)c2c1=O. The normalized spacial score (nSPS) is 19.8. The van der Waals surface area contributed by atoms with E-state index in [1.54, 1.807) is 13.8 Å². The number of nitrogens with zero attached hydrogens (tertiary/aromatic N) is 3. The number of aryl methyl sites for hydroxylation is 1. The lowest BCUT2D eigenvalue weighted by Crippen LogP contribution is -2.43. The Morgan fingerprint density at radius 1 is 1.28 bits per heavy atom. The van der Waals surface area contributed by atoms with Crippen molar-refractivity contribution in [2.24, 2.45) is 11.8 Å². The van der Waals surface area contributed by atoms with E-state index >= 15 is 0 Å². The Hall–Kier alpha value is -2.31. The topological polar surface area (TPSA) is 128 Å². The largest absolute Gasteiger partial charge is 0.465 e. The zero-order valence-electron chi connectivity index (χ0n) is 18.6. The van der Waals surface area contributed by atoms with Crippen LogP contribution in [0, 0.1) is 18.8 Å².